The van der Waals surface area contributed by atoms with Gasteiger partial charge >= 0.3 is 43.2 Å². The lowest BCUT2D eigenvalue weighted by Crippen LogP contribution is -2.41. The quantitative estimate of drug-likeness (QED) is 0.0209. The van der Waals surface area contributed by atoms with Crippen LogP contribution < -0.4 is 25.9 Å². The van der Waals surface area contributed by atoms with Crippen molar-refractivity contribution in [3.05, 3.63) is 232 Å². The van der Waals surface area contributed by atoms with Crippen molar-refractivity contribution in [2.24, 2.45) is 0 Å². The third-order valence-corrected chi connectivity index (χ3v) is 28.3. The van der Waals surface area contributed by atoms with E-state index in [4.69, 9.17) is 107 Å². The van der Waals surface area contributed by atoms with Gasteiger partial charge in [0.1, 0.15) is 18.4 Å². The van der Waals surface area contributed by atoms with Crippen molar-refractivity contribution in [1.29, 1.82) is 0 Å². The number of methoxy groups -OCH3 is 4. The lowest BCUT2D eigenvalue weighted by Gasteiger charge is -2.32. The number of nitrogens with zero attached hydrogens (tertiary/aromatic N) is 20. The highest BCUT2D eigenvalue weighted by Gasteiger charge is 2.52. The van der Waals surface area contributed by atoms with E-state index in [0.717, 1.165) is 196 Å². The van der Waals surface area contributed by atoms with E-state index in [-0.39, 0.29) is 116 Å². The minimum absolute atomic E-state index is 0.0666. The number of carbonyl (C=O) groups excluding carboxylic acids is 6. The average Bonchev–Trinajstić information content (AvgIpc) is 1.57. The van der Waals surface area contributed by atoms with Gasteiger partial charge in [-0.1, -0.05) is 169 Å². The van der Waals surface area contributed by atoms with E-state index in [1.807, 2.05) is 212 Å². The summed E-state index contributed by atoms with van der Waals surface area (Å²) in [6.45, 7) is 20.4. The van der Waals surface area contributed by atoms with E-state index in [9.17, 15) is 28.8 Å². The number of aromatic nitrogens is 16. The highest BCUT2D eigenvalue weighted by molar-refractivity contribution is 6.62. The fraction of sp³-hybridized carbons (Fsp3) is 0.415. The lowest BCUT2D eigenvalue weighted by molar-refractivity contribution is -0.140. The molecule has 7 saturated heterocycles. The molecular formula is C106H120BCl3N22O16. The zero-order valence-corrected chi connectivity index (χ0v) is 86.3. The molecule has 0 radical (unpaired) electrons. The number of amides is 2. The molecule has 0 bridgehead atoms. The SMILES string of the molecule is COC(=O)Cc1ccc(-c2nc(Cl)nc3c2cnn3C2CCN(C(=O)OCc3ccccc3)CC2)cc1.COC(=O)Cc1ccc(-c2nc(N3CCOCC3)nc3c2cnn3C2CCN(C(=O)OCc3ccccc3)CC2)cc1.COC(=O)Cc1ccc(-c2nc(N3CCOCC3)nc3c2cnn3C2CCNCC2)cc1.COC(=O)Cc1ccc(B2OC(C)(C)C(C)(C)O2)cc1.Clc1nc(Cl)c2cnn(C3CCNCC3)c2n1. The number of ether oxygens (including phenoxy) is 8. The first-order valence-electron chi connectivity index (χ1n) is 49.8. The summed E-state index contributed by atoms with van der Waals surface area (Å²) in [7, 11) is 5.19. The average molecular weight is 2080 g/mol. The molecule has 0 unspecified atom stereocenters. The number of morpholine rings is 2. The van der Waals surface area contributed by atoms with E-state index < -0.39 is 0 Å². The molecule has 42 heteroatoms. The zero-order chi connectivity index (χ0) is 103. The Morgan fingerprint density at radius 1 is 0.358 bits per heavy atom. The first-order valence-corrected chi connectivity index (χ1v) is 50.9. The molecule has 0 atom stereocenters. The van der Waals surface area contributed by atoms with Gasteiger partial charge in [0.15, 0.2) is 22.6 Å². The second-order valence-electron chi connectivity index (χ2n) is 37.8. The molecule has 7 fully saturated rings. The number of anilines is 2. The highest BCUT2D eigenvalue weighted by atomic mass is 35.5. The van der Waals surface area contributed by atoms with Gasteiger partial charge in [-0.2, -0.15) is 40.3 Å². The monoisotopic (exact) mass is 2070 g/mol. The van der Waals surface area contributed by atoms with Crippen LogP contribution in [-0.2, 0) is 105 Å². The third-order valence-electron chi connectivity index (χ3n) is 27.6. The van der Waals surface area contributed by atoms with E-state index >= 15 is 0 Å². The van der Waals surface area contributed by atoms with Crippen LogP contribution >= 0.6 is 34.8 Å². The maximum absolute atomic E-state index is 12.7. The third kappa shape index (κ3) is 26.1. The summed E-state index contributed by atoms with van der Waals surface area (Å²) in [4.78, 5) is 116. The fourth-order valence-corrected chi connectivity index (χ4v) is 19.1. The Bertz CT molecular complexity index is 6880. The number of nitrogens with one attached hydrogen (secondary N) is 2. The molecule has 15 heterocycles. The van der Waals surface area contributed by atoms with Crippen LogP contribution in [0.5, 0.6) is 0 Å². The van der Waals surface area contributed by atoms with Gasteiger partial charge in [0.25, 0.3) is 0 Å². The normalized spacial score (nSPS) is 16.6. The Kier molecular flexibility index (Phi) is 35.2. The van der Waals surface area contributed by atoms with E-state index in [2.05, 4.69) is 60.0 Å². The molecule has 7 aliphatic heterocycles. The number of rotatable bonds is 22. The summed E-state index contributed by atoms with van der Waals surface area (Å²) < 4.78 is 60.9. The summed E-state index contributed by atoms with van der Waals surface area (Å²) in [5, 5.41) is 29.3. The number of likely N-dealkylation sites (tertiary alicyclic amines) is 2. The summed E-state index contributed by atoms with van der Waals surface area (Å²) in [6.07, 6.45) is 14.6. The number of hydrogen-bond acceptors (Lipinski definition) is 32. The van der Waals surface area contributed by atoms with Gasteiger partial charge in [-0.15, -0.1) is 0 Å². The van der Waals surface area contributed by atoms with Crippen molar-refractivity contribution in [3.8, 4) is 33.8 Å². The summed E-state index contributed by atoms with van der Waals surface area (Å²) in [5.74, 6) is 0.289. The Morgan fingerprint density at radius 2 is 0.662 bits per heavy atom. The van der Waals surface area contributed by atoms with Crippen molar-refractivity contribution >= 4 is 139 Å². The Labute approximate surface area is 871 Å². The van der Waals surface area contributed by atoms with Gasteiger partial charge < -0.3 is 77.4 Å². The largest absolute Gasteiger partial charge is 0.494 e. The van der Waals surface area contributed by atoms with Crippen molar-refractivity contribution in [2.45, 2.75) is 153 Å². The van der Waals surface area contributed by atoms with E-state index in [0.29, 0.717) is 106 Å². The highest BCUT2D eigenvalue weighted by Crippen LogP contribution is 2.40. The molecule has 7 aliphatic rings. The molecule has 0 spiro atoms. The molecule has 148 heavy (non-hydrogen) atoms. The second-order valence-corrected chi connectivity index (χ2v) is 38.8. The molecule has 14 aromatic rings. The number of fused-ring (bicyclic) bond motifs is 4. The number of piperidine rings is 4. The van der Waals surface area contributed by atoms with E-state index in [1.54, 1.807) is 22.2 Å². The van der Waals surface area contributed by atoms with E-state index in [1.165, 1.54) is 28.4 Å². The van der Waals surface area contributed by atoms with Crippen LogP contribution in [0.15, 0.2) is 183 Å². The second kappa shape index (κ2) is 49.4. The fourth-order valence-electron chi connectivity index (χ4n) is 18.5. The predicted octanol–water partition coefficient (Wildman–Crippen LogP) is 14.6. The predicted molar refractivity (Wildman–Crippen MR) is 559 cm³/mol. The molecule has 6 aromatic carbocycles. The molecule has 2 amide bonds. The topological polar surface area (TPSA) is 406 Å². The number of esters is 4. The Balaban J connectivity index is 0.000000130. The first-order chi connectivity index (χ1) is 71.8. The van der Waals surface area contributed by atoms with Gasteiger partial charge in [-0.3, -0.25) is 19.2 Å². The molecule has 21 rings (SSSR count). The smallest absolute Gasteiger partial charge is 0.469 e. The number of benzene rings is 6. The molecular weight excluding hydrogens is 1950 g/mol. The summed E-state index contributed by atoms with van der Waals surface area (Å²) in [5.41, 5.74) is 13.8. The van der Waals surface area contributed by atoms with Crippen LogP contribution in [0, 0.1) is 0 Å². The van der Waals surface area contributed by atoms with Gasteiger partial charge in [0.05, 0.1) is 179 Å². The van der Waals surface area contributed by atoms with Gasteiger partial charge in [0.2, 0.25) is 22.5 Å². The minimum atomic E-state index is -0.368. The molecule has 38 nitrogen and oxygen atoms in total. The summed E-state index contributed by atoms with van der Waals surface area (Å²) >= 11 is 18.2. The van der Waals surface area contributed by atoms with Gasteiger partial charge in [-0.25, -0.2) is 48.3 Å². The maximum atomic E-state index is 12.7. The molecule has 8 aromatic heterocycles. The zero-order valence-electron chi connectivity index (χ0n) is 84.0. The van der Waals surface area contributed by atoms with Crippen molar-refractivity contribution in [1.82, 2.24) is 99.4 Å². The number of halogens is 3. The standard InChI is InChI=1S/C31H34N6O5.C27H26ClN5O4.C23H28N6O3.C15H21BO4.C10H11Cl2N5/c1-40-27(38)19-22-7-9-24(10-8-22)28-26-20-32-37(29(26)34-30(33-28)35-15-17-41-18-16-35)25-11-13-36(14-12-25)31(39)42-21-23-5-3-2-4-6-23;1-36-23(34)15-18-7-9-20(10-8-18)24-22-16-29-33(25(22)31-26(28)30-24)21-11-13-32(14-12-21)27(35)37-17-19-5-3-2-4-6-19;1-31-20(30)14-16-2-4-17(5-3-16)21-19-15-25-29(18-6-8-24-9-7-18)22(19)27-23(26-21)28-10-12-32-13-11-28;1-14(2)15(3,4)20-16(19-14)12-8-6-11(7-9-12)10-13(17)18-5;11-8-7-5-14-17(6-1-3-13-4-2-6)9(7)16-10(12)15-8/h2-10,20,25H,11-19,21H2,1H3;2-10,16,21H,11-15,17H2,1H3;2-5,15,18,24H,6-14H2,1H3;6-9H,10H2,1-5H3;5-6,13H,1-4H2. The van der Waals surface area contributed by atoms with Gasteiger partial charge in [0, 0.05) is 69.0 Å². The molecule has 2 N–H and O–H groups in total. The number of carbonyl (C=O) groups is 6. The van der Waals surface area contributed by atoms with Crippen LogP contribution in [0.3, 0.4) is 0 Å². The van der Waals surface area contributed by atoms with Crippen molar-refractivity contribution in [3.63, 3.8) is 0 Å². The Hall–Kier alpha value is -13.8. The van der Waals surface area contributed by atoms with Crippen LogP contribution in [0.1, 0.15) is 137 Å². The number of hydrogen-bond donors (Lipinski definition) is 2. The molecule has 774 valence electrons. The van der Waals surface area contributed by atoms with Crippen molar-refractivity contribution < 1.29 is 76.0 Å². The first kappa shape index (κ1) is 106. The van der Waals surface area contributed by atoms with Gasteiger partial charge in [-0.05, 0) is 167 Å². The minimum Gasteiger partial charge on any atom is -0.469 e. The summed E-state index contributed by atoms with van der Waals surface area (Å²) in [6, 6.07) is 51.1. The molecule has 0 aliphatic carbocycles. The Morgan fingerprint density at radius 3 is 1.01 bits per heavy atom. The van der Waals surface area contributed by atoms with Crippen LogP contribution in [-0.4, -0.2) is 277 Å². The van der Waals surface area contributed by atoms with Crippen LogP contribution in [0.2, 0.25) is 15.7 Å². The van der Waals surface area contributed by atoms with Crippen LogP contribution in [0.4, 0.5) is 21.5 Å². The van der Waals surface area contributed by atoms with Crippen LogP contribution in [0.25, 0.3) is 77.9 Å². The lowest BCUT2D eigenvalue weighted by atomic mass is 9.79. The molecule has 0 saturated carbocycles. The maximum Gasteiger partial charge on any atom is 0.494 e. The van der Waals surface area contributed by atoms with Crippen molar-refractivity contribution in [2.75, 3.05) is 143 Å².